The molecule has 6 nitrogen and oxygen atoms in total. The summed E-state index contributed by atoms with van der Waals surface area (Å²) < 4.78 is 0. The first-order valence-electron chi connectivity index (χ1n) is 5.56. The Kier molecular flexibility index (Phi) is 5.13. The van der Waals surface area contributed by atoms with E-state index in [0.717, 1.165) is 5.56 Å². The van der Waals surface area contributed by atoms with Crippen LogP contribution in [-0.2, 0) is 4.79 Å². The van der Waals surface area contributed by atoms with Crippen LogP contribution in [0.25, 0.3) is 0 Å². The first kappa shape index (κ1) is 14.0. The number of benzene rings is 1. The van der Waals surface area contributed by atoms with Gasteiger partial charge in [-0.1, -0.05) is 12.1 Å². The molecule has 1 aromatic rings. The number of urea groups is 1. The molecule has 0 spiro atoms. The minimum atomic E-state index is -0.541. The molecule has 0 aliphatic carbocycles. The predicted molar refractivity (Wildman–Crippen MR) is 68.2 cm³/mol. The number of nitrogens with one attached hydrogen (secondary N) is 3. The highest BCUT2D eigenvalue weighted by Crippen LogP contribution is 2.15. The molecule has 0 saturated heterocycles. The number of hydrogen-bond acceptors (Lipinski definition) is 3. The topological polar surface area (TPSA) is 90.5 Å². The van der Waals surface area contributed by atoms with E-state index in [4.69, 9.17) is 0 Å². The van der Waals surface area contributed by atoms with Crippen LogP contribution in [0, 0.1) is 0 Å². The molecule has 1 rings (SSSR count). The SMILES string of the molecule is CNC(=O)CNC(=O)Nc1ccc(C(C)O)cc1. The summed E-state index contributed by atoms with van der Waals surface area (Å²) >= 11 is 0. The van der Waals surface area contributed by atoms with Crippen LogP contribution in [0.4, 0.5) is 10.5 Å². The van der Waals surface area contributed by atoms with Gasteiger partial charge in [0.15, 0.2) is 0 Å². The number of anilines is 1. The molecule has 18 heavy (non-hydrogen) atoms. The van der Waals surface area contributed by atoms with Crippen LogP contribution in [0.3, 0.4) is 0 Å². The summed E-state index contributed by atoms with van der Waals surface area (Å²) in [5.41, 5.74) is 1.36. The van der Waals surface area contributed by atoms with E-state index in [9.17, 15) is 14.7 Å². The van der Waals surface area contributed by atoms with Gasteiger partial charge in [-0.3, -0.25) is 4.79 Å². The number of likely N-dealkylation sites (N-methyl/N-ethyl adjacent to an activating group) is 1. The van der Waals surface area contributed by atoms with E-state index in [0.29, 0.717) is 5.69 Å². The highest BCUT2D eigenvalue weighted by atomic mass is 16.3. The zero-order valence-corrected chi connectivity index (χ0v) is 10.4. The number of carbonyl (C=O) groups is 2. The molecular formula is C12H17N3O3. The second kappa shape index (κ2) is 6.61. The third-order valence-electron chi connectivity index (χ3n) is 2.34. The molecule has 3 amide bonds. The van der Waals surface area contributed by atoms with Crippen molar-refractivity contribution in [2.45, 2.75) is 13.0 Å². The molecule has 0 fully saturated rings. The van der Waals surface area contributed by atoms with Crippen molar-refractivity contribution >= 4 is 17.6 Å². The first-order valence-corrected chi connectivity index (χ1v) is 5.56. The van der Waals surface area contributed by atoms with Gasteiger partial charge in [-0.2, -0.15) is 0 Å². The van der Waals surface area contributed by atoms with Crippen molar-refractivity contribution < 1.29 is 14.7 Å². The van der Waals surface area contributed by atoms with Gasteiger partial charge in [-0.05, 0) is 24.6 Å². The summed E-state index contributed by atoms with van der Waals surface area (Å²) in [4.78, 5) is 22.3. The lowest BCUT2D eigenvalue weighted by atomic mass is 10.1. The summed E-state index contributed by atoms with van der Waals surface area (Å²) in [6, 6.07) is 6.35. The van der Waals surface area contributed by atoms with E-state index < -0.39 is 12.1 Å². The molecule has 0 heterocycles. The van der Waals surface area contributed by atoms with Crippen LogP contribution in [0.2, 0.25) is 0 Å². The maximum absolute atomic E-state index is 11.4. The van der Waals surface area contributed by atoms with E-state index in [1.54, 1.807) is 31.2 Å². The number of aliphatic hydroxyl groups excluding tert-OH is 1. The fourth-order valence-corrected chi connectivity index (χ4v) is 1.27. The highest BCUT2D eigenvalue weighted by molar-refractivity contribution is 5.92. The first-order chi connectivity index (χ1) is 8.52. The van der Waals surface area contributed by atoms with E-state index in [2.05, 4.69) is 16.0 Å². The Morgan fingerprint density at radius 3 is 2.39 bits per heavy atom. The summed E-state index contributed by atoms with van der Waals surface area (Å²) in [7, 11) is 1.50. The third kappa shape index (κ3) is 4.42. The quantitative estimate of drug-likeness (QED) is 0.632. The van der Waals surface area contributed by atoms with Gasteiger partial charge in [-0.25, -0.2) is 4.79 Å². The normalized spacial score (nSPS) is 11.5. The molecule has 0 aromatic heterocycles. The van der Waals surface area contributed by atoms with Gasteiger partial charge in [0.2, 0.25) is 5.91 Å². The monoisotopic (exact) mass is 251 g/mol. The Balaban J connectivity index is 2.47. The van der Waals surface area contributed by atoms with Crippen molar-refractivity contribution in [3.05, 3.63) is 29.8 Å². The van der Waals surface area contributed by atoms with Gasteiger partial charge in [-0.15, -0.1) is 0 Å². The predicted octanol–water partition coefficient (Wildman–Crippen LogP) is 0.607. The molecule has 0 aliphatic heterocycles. The Labute approximate surface area is 105 Å². The number of carbonyl (C=O) groups excluding carboxylic acids is 2. The van der Waals surface area contributed by atoms with Gasteiger partial charge in [0.1, 0.15) is 0 Å². The zero-order valence-electron chi connectivity index (χ0n) is 10.4. The van der Waals surface area contributed by atoms with Crippen molar-refractivity contribution in [1.29, 1.82) is 0 Å². The smallest absolute Gasteiger partial charge is 0.319 e. The van der Waals surface area contributed by atoms with Crippen LogP contribution in [-0.4, -0.2) is 30.6 Å². The van der Waals surface area contributed by atoms with Gasteiger partial charge >= 0.3 is 6.03 Å². The number of amides is 3. The fraction of sp³-hybridized carbons (Fsp3) is 0.333. The highest BCUT2D eigenvalue weighted by Gasteiger charge is 2.05. The molecule has 6 heteroatoms. The second-order valence-electron chi connectivity index (χ2n) is 3.78. The largest absolute Gasteiger partial charge is 0.389 e. The third-order valence-corrected chi connectivity index (χ3v) is 2.34. The van der Waals surface area contributed by atoms with E-state index in [1.165, 1.54) is 7.05 Å². The van der Waals surface area contributed by atoms with Crippen molar-refractivity contribution in [1.82, 2.24) is 10.6 Å². The van der Waals surface area contributed by atoms with Crippen LogP contribution in [0.15, 0.2) is 24.3 Å². The Morgan fingerprint density at radius 2 is 1.89 bits per heavy atom. The lowest BCUT2D eigenvalue weighted by Crippen LogP contribution is -2.37. The number of hydrogen-bond donors (Lipinski definition) is 4. The number of rotatable bonds is 4. The molecular weight excluding hydrogens is 234 g/mol. The van der Waals surface area contributed by atoms with E-state index in [1.807, 2.05) is 0 Å². The number of aliphatic hydroxyl groups is 1. The maximum atomic E-state index is 11.4. The standard InChI is InChI=1S/C12H17N3O3/c1-8(16)9-3-5-10(6-4-9)15-12(18)14-7-11(17)13-2/h3-6,8,16H,7H2,1-2H3,(H,13,17)(H2,14,15,18). The van der Waals surface area contributed by atoms with Crippen molar-refractivity contribution in [3.8, 4) is 0 Å². The molecule has 0 aliphatic rings. The molecule has 0 radical (unpaired) electrons. The minimum absolute atomic E-state index is 0.0753. The van der Waals surface area contributed by atoms with Gasteiger partial charge < -0.3 is 21.1 Å². The fourth-order valence-electron chi connectivity index (χ4n) is 1.27. The second-order valence-corrected chi connectivity index (χ2v) is 3.78. The Hall–Kier alpha value is -2.08. The molecule has 0 saturated carbocycles. The van der Waals surface area contributed by atoms with Gasteiger partial charge in [0.25, 0.3) is 0 Å². The molecule has 98 valence electrons. The lowest BCUT2D eigenvalue weighted by molar-refractivity contribution is -0.119. The van der Waals surface area contributed by atoms with Crippen LogP contribution in [0.1, 0.15) is 18.6 Å². The Morgan fingerprint density at radius 1 is 1.28 bits per heavy atom. The van der Waals surface area contributed by atoms with E-state index >= 15 is 0 Å². The Bertz CT molecular complexity index is 415. The van der Waals surface area contributed by atoms with Crippen LogP contribution < -0.4 is 16.0 Å². The molecule has 1 aromatic carbocycles. The summed E-state index contributed by atoms with van der Waals surface area (Å²) in [5.74, 6) is -0.269. The van der Waals surface area contributed by atoms with Crippen LogP contribution in [0.5, 0.6) is 0 Å². The summed E-state index contributed by atoms with van der Waals surface area (Å²) in [6.45, 7) is 1.59. The van der Waals surface area contributed by atoms with Gasteiger partial charge in [0.05, 0.1) is 12.6 Å². The average Bonchev–Trinajstić information content (AvgIpc) is 2.36. The molecule has 1 unspecified atom stereocenters. The molecule has 0 bridgehead atoms. The van der Waals surface area contributed by atoms with E-state index in [-0.39, 0.29) is 12.5 Å². The molecule has 1 atom stereocenters. The summed E-state index contributed by atoms with van der Waals surface area (Å²) in [5, 5.41) is 16.7. The van der Waals surface area contributed by atoms with Crippen LogP contribution >= 0.6 is 0 Å². The summed E-state index contributed by atoms with van der Waals surface area (Å²) in [6.07, 6.45) is -0.541. The van der Waals surface area contributed by atoms with Crippen molar-refractivity contribution in [2.24, 2.45) is 0 Å². The maximum Gasteiger partial charge on any atom is 0.319 e. The zero-order chi connectivity index (χ0) is 13.5. The van der Waals surface area contributed by atoms with Crippen molar-refractivity contribution in [3.63, 3.8) is 0 Å². The van der Waals surface area contributed by atoms with Crippen molar-refractivity contribution in [2.75, 3.05) is 18.9 Å². The molecule has 4 N–H and O–H groups in total. The average molecular weight is 251 g/mol. The minimum Gasteiger partial charge on any atom is -0.389 e. The van der Waals surface area contributed by atoms with Gasteiger partial charge in [0, 0.05) is 12.7 Å². The lowest BCUT2D eigenvalue weighted by Gasteiger charge is -2.08.